The lowest BCUT2D eigenvalue weighted by atomic mass is 10.2. The van der Waals surface area contributed by atoms with Gasteiger partial charge in [0.2, 0.25) is 0 Å². The van der Waals surface area contributed by atoms with Crippen LogP contribution in [0.25, 0.3) is 0 Å². The van der Waals surface area contributed by atoms with Crippen molar-refractivity contribution in [1.82, 2.24) is 0 Å². The fourth-order valence-corrected chi connectivity index (χ4v) is 2.87. The van der Waals surface area contributed by atoms with Crippen LogP contribution in [0, 0.1) is 19.8 Å². The van der Waals surface area contributed by atoms with Crippen molar-refractivity contribution in [3.05, 3.63) is 29.3 Å². The summed E-state index contributed by atoms with van der Waals surface area (Å²) in [5, 5.41) is 0. The topological polar surface area (TPSA) is 17.1 Å². The number of benzene rings is 1. The minimum atomic E-state index is -0.833. The van der Waals surface area contributed by atoms with Gasteiger partial charge in [-0.05, 0) is 31.4 Å². The molecule has 78 valence electrons. The van der Waals surface area contributed by atoms with Gasteiger partial charge in [-0.2, -0.15) is 0 Å². The van der Waals surface area contributed by atoms with Gasteiger partial charge in [0.15, 0.2) is 0 Å². The third kappa shape index (κ3) is 2.95. The molecular formula is C12H18OS. The van der Waals surface area contributed by atoms with Crippen molar-refractivity contribution in [3.8, 4) is 0 Å². The summed E-state index contributed by atoms with van der Waals surface area (Å²) in [6.07, 6.45) is 0. The van der Waals surface area contributed by atoms with Gasteiger partial charge in [0.1, 0.15) is 0 Å². The van der Waals surface area contributed by atoms with Crippen molar-refractivity contribution in [2.45, 2.75) is 32.6 Å². The minimum absolute atomic E-state index is 0.483. The third-order valence-electron chi connectivity index (χ3n) is 2.06. The second-order valence-corrected chi connectivity index (χ2v) is 5.64. The second kappa shape index (κ2) is 4.74. The zero-order valence-electron chi connectivity index (χ0n) is 9.33. The molecular weight excluding hydrogens is 192 g/mol. The first-order valence-electron chi connectivity index (χ1n) is 4.96. The fraction of sp³-hybridized carbons (Fsp3) is 0.500. The van der Waals surface area contributed by atoms with Crippen molar-refractivity contribution in [3.63, 3.8) is 0 Å². The summed E-state index contributed by atoms with van der Waals surface area (Å²) in [5.74, 6) is 1.24. The van der Waals surface area contributed by atoms with Crippen LogP contribution in [-0.4, -0.2) is 9.96 Å². The molecule has 1 aromatic rings. The lowest BCUT2D eigenvalue weighted by Gasteiger charge is -2.08. The van der Waals surface area contributed by atoms with Crippen LogP contribution < -0.4 is 0 Å². The Morgan fingerprint density at radius 2 is 1.93 bits per heavy atom. The maximum absolute atomic E-state index is 11.9. The van der Waals surface area contributed by atoms with E-state index in [0.717, 1.165) is 16.2 Å². The van der Waals surface area contributed by atoms with Crippen LogP contribution in [0.1, 0.15) is 25.0 Å². The molecule has 0 spiro atoms. The summed E-state index contributed by atoms with van der Waals surface area (Å²) < 4.78 is 11.9. The van der Waals surface area contributed by atoms with Crippen molar-refractivity contribution in [1.29, 1.82) is 0 Å². The monoisotopic (exact) mass is 210 g/mol. The largest absolute Gasteiger partial charge is 0.254 e. The molecule has 0 saturated heterocycles. The average molecular weight is 210 g/mol. The molecule has 1 unspecified atom stereocenters. The van der Waals surface area contributed by atoms with Gasteiger partial charge in [-0.15, -0.1) is 0 Å². The Kier molecular flexibility index (Phi) is 3.87. The first-order chi connectivity index (χ1) is 6.50. The van der Waals surface area contributed by atoms with E-state index in [4.69, 9.17) is 0 Å². The van der Waals surface area contributed by atoms with Crippen LogP contribution in [0.4, 0.5) is 0 Å². The Balaban J connectivity index is 2.90. The molecule has 1 atom stereocenters. The number of hydrogen-bond donors (Lipinski definition) is 0. The highest BCUT2D eigenvalue weighted by atomic mass is 32.2. The molecule has 1 nitrogen and oxygen atoms in total. The fourth-order valence-electron chi connectivity index (χ4n) is 1.45. The Hall–Kier alpha value is -0.630. The normalized spacial score (nSPS) is 13.2. The summed E-state index contributed by atoms with van der Waals surface area (Å²) in [6, 6.07) is 6.11. The quantitative estimate of drug-likeness (QED) is 0.749. The maximum Gasteiger partial charge on any atom is 0.0534 e. The summed E-state index contributed by atoms with van der Waals surface area (Å²) in [5.41, 5.74) is 2.37. The molecule has 0 saturated carbocycles. The predicted molar refractivity (Wildman–Crippen MR) is 62.0 cm³/mol. The Bertz CT molecular complexity index is 342. The van der Waals surface area contributed by atoms with Gasteiger partial charge >= 0.3 is 0 Å². The molecule has 0 N–H and O–H groups in total. The van der Waals surface area contributed by atoms with Crippen molar-refractivity contribution < 1.29 is 4.21 Å². The first kappa shape index (κ1) is 11.4. The number of aryl methyl sites for hydroxylation is 2. The van der Waals surface area contributed by atoms with E-state index in [1.54, 1.807) is 0 Å². The molecule has 0 radical (unpaired) electrons. The third-order valence-corrected chi connectivity index (χ3v) is 3.98. The summed E-state index contributed by atoms with van der Waals surface area (Å²) in [6.45, 7) is 8.28. The van der Waals surface area contributed by atoms with E-state index in [0.29, 0.717) is 5.92 Å². The molecule has 0 aliphatic carbocycles. The molecule has 0 amide bonds. The zero-order valence-corrected chi connectivity index (χ0v) is 10.1. The molecule has 1 rings (SSSR count). The highest BCUT2D eigenvalue weighted by Crippen LogP contribution is 2.16. The van der Waals surface area contributed by atoms with Crippen LogP contribution in [-0.2, 0) is 10.8 Å². The Morgan fingerprint density at radius 3 is 2.43 bits per heavy atom. The molecule has 0 aromatic heterocycles. The van der Waals surface area contributed by atoms with E-state index in [-0.39, 0.29) is 0 Å². The van der Waals surface area contributed by atoms with Crippen LogP contribution in [0.15, 0.2) is 23.1 Å². The van der Waals surface area contributed by atoms with E-state index in [9.17, 15) is 4.21 Å². The standard InChI is InChI=1S/C12H18OS/c1-9(2)8-14(13)12-6-5-10(3)7-11(12)4/h5-7,9H,8H2,1-4H3. The maximum atomic E-state index is 11.9. The SMILES string of the molecule is Cc1ccc(S(=O)CC(C)C)c(C)c1. The molecule has 2 heteroatoms. The molecule has 0 aliphatic heterocycles. The Morgan fingerprint density at radius 1 is 1.29 bits per heavy atom. The van der Waals surface area contributed by atoms with Crippen molar-refractivity contribution >= 4 is 10.8 Å². The van der Waals surface area contributed by atoms with Crippen LogP contribution in [0.5, 0.6) is 0 Å². The average Bonchev–Trinajstić information content (AvgIpc) is 2.01. The number of rotatable bonds is 3. The molecule has 1 aromatic carbocycles. The van der Waals surface area contributed by atoms with Gasteiger partial charge in [0, 0.05) is 10.6 Å². The van der Waals surface area contributed by atoms with Gasteiger partial charge < -0.3 is 0 Å². The molecule has 14 heavy (non-hydrogen) atoms. The zero-order chi connectivity index (χ0) is 10.7. The van der Waals surface area contributed by atoms with Crippen molar-refractivity contribution in [2.75, 3.05) is 5.75 Å². The highest BCUT2D eigenvalue weighted by Gasteiger charge is 2.08. The van der Waals surface area contributed by atoms with Crippen LogP contribution in [0.3, 0.4) is 0 Å². The smallest absolute Gasteiger partial charge is 0.0534 e. The van der Waals surface area contributed by atoms with E-state index >= 15 is 0 Å². The second-order valence-electron chi connectivity index (χ2n) is 4.17. The first-order valence-corrected chi connectivity index (χ1v) is 6.28. The Labute approximate surface area is 89.0 Å². The van der Waals surface area contributed by atoms with Gasteiger partial charge in [-0.1, -0.05) is 31.5 Å². The van der Waals surface area contributed by atoms with Gasteiger partial charge in [0.05, 0.1) is 10.8 Å². The van der Waals surface area contributed by atoms with E-state index in [1.165, 1.54) is 5.56 Å². The highest BCUT2D eigenvalue weighted by molar-refractivity contribution is 7.85. The molecule has 0 bridgehead atoms. The molecule has 0 aliphatic rings. The number of hydrogen-bond acceptors (Lipinski definition) is 1. The van der Waals surface area contributed by atoms with Gasteiger partial charge in [-0.3, -0.25) is 4.21 Å². The summed E-state index contributed by atoms with van der Waals surface area (Å²) in [4.78, 5) is 0.990. The molecule has 0 heterocycles. The van der Waals surface area contributed by atoms with Gasteiger partial charge in [0.25, 0.3) is 0 Å². The van der Waals surface area contributed by atoms with Crippen LogP contribution in [0.2, 0.25) is 0 Å². The summed E-state index contributed by atoms with van der Waals surface area (Å²) in [7, 11) is -0.833. The van der Waals surface area contributed by atoms with E-state index in [1.807, 2.05) is 19.1 Å². The van der Waals surface area contributed by atoms with Gasteiger partial charge in [-0.25, -0.2) is 0 Å². The van der Waals surface area contributed by atoms with E-state index in [2.05, 4.69) is 26.8 Å². The van der Waals surface area contributed by atoms with Crippen molar-refractivity contribution in [2.24, 2.45) is 5.92 Å². The van der Waals surface area contributed by atoms with Crippen LogP contribution >= 0.6 is 0 Å². The lowest BCUT2D eigenvalue weighted by molar-refractivity contribution is 0.664. The predicted octanol–water partition coefficient (Wildman–Crippen LogP) is 3.07. The molecule has 0 fully saturated rings. The van der Waals surface area contributed by atoms with E-state index < -0.39 is 10.8 Å². The lowest BCUT2D eigenvalue weighted by Crippen LogP contribution is -2.06. The summed E-state index contributed by atoms with van der Waals surface area (Å²) >= 11 is 0. The minimum Gasteiger partial charge on any atom is -0.254 e.